The number of anilines is 1. The fourth-order valence-corrected chi connectivity index (χ4v) is 6.76. The molecule has 1 aromatic carbocycles. The molecule has 0 saturated carbocycles. The summed E-state index contributed by atoms with van der Waals surface area (Å²) in [7, 11) is 0. The Morgan fingerprint density at radius 3 is 3.00 bits per heavy atom. The van der Waals surface area contributed by atoms with Gasteiger partial charge in [0.2, 0.25) is 0 Å². The Kier molecular flexibility index (Phi) is 3.61. The van der Waals surface area contributed by atoms with Crippen molar-refractivity contribution >= 4 is 12.0 Å². The number of nitrogens with one attached hydrogen (secondary N) is 1. The summed E-state index contributed by atoms with van der Waals surface area (Å²) in [5, 5.41) is 14.0. The second-order valence-electron chi connectivity index (χ2n) is 8.84. The fourth-order valence-electron chi connectivity index (χ4n) is 6.76. The summed E-state index contributed by atoms with van der Waals surface area (Å²) in [6.07, 6.45) is 7.91. The SMILES string of the molecule is C/C=C1/C[N@+]2(CCCC)CC[C@@]34C(=C(C=O)[C@H]1C[C@@H]32)Nc1c(O)cccc14. The fraction of sp³-hybridized carbons (Fsp3) is 0.522. The van der Waals surface area contributed by atoms with Crippen LogP contribution in [0.1, 0.15) is 45.1 Å². The largest absolute Gasteiger partial charge is 0.506 e. The summed E-state index contributed by atoms with van der Waals surface area (Å²) in [4.78, 5) is 12.2. The van der Waals surface area contributed by atoms with Gasteiger partial charge in [0, 0.05) is 30.0 Å². The molecule has 5 rings (SSSR count). The first-order valence-electron chi connectivity index (χ1n) is 10.4. The maximum atomic E-state index is 12.2. The van der Waals surface area contributed by atoms with E-state index in [2.05, 4.69) is 31.3 Å². The second kappa shape index (κ2) is 5.71. The van der Waals surface area contributed by atoms with Crippen LogP contribution in [-0.4, -0.2) is 41.6 Å². The molecule has 4 nitrogen and oxygen atoms in total. The van der Waals surface area contributed by atoms with Crippen LogP contribution in [0, 0.1) is 5.92 Å². The monoisotopic (exact) mass is 365 g/mol. The number of phenolic OH excluding ortho intramolecular Hbond substituents is 1. The molecule has 2 bridgehead atoms. The Morgan fingerprint density at radius 2 is 2.26 bits per heavy atom. The molecular formula is C23H29N2O2+. The minimum atomic E-state index is -0.131. The van der Waals surface area contributed by atoms with Crippen LogP contribution in [0.15, 0.2) is 41.1 Å². The lowest BCUT2D eigenvalue weighted by molar-refractivity contribution is -0.941. The molecule has 2 saturated heterocycles. The van der Waals surface area contributed by atoms with Gasteiger partial charge < -0.3 is 14.9 Å². The number of carbonyl (C=O) groups is 1. The molecular weight excluding hydrogens is 336 g/mol. The molecule has 3 aliphatic heterocycles. The van der Waals surface area contributed by atoms with Crippen molar-refractivity contribution in [3.63, 3.8) is 0 Å². The van der Waals surface area contributed by atoms with Gasteiger partial charge in [0.15, 0.2) is 0 Å². The van der Waals surface area contributed by atoms with Crippen molar-refractivity contribution in [1.82, 2.24) is 0 Å². The highest BCUT2D eigenvalue weighted by Crippen LogP contribution is 2.64. The van der Waals surface area contributed by atoms with Crippen molar-refractivity contribution in [3.05, 3.63) is 46.7 Å². The number of quaternary nitrogens is 1. The van der Waals surface area contributed by atoms with Crippen LogP contribution in [0.2, 0.25) is 0 Å². The van der Waals surface area contributed by atoms with Crippen molar-refractivity contribution in [3.8, 4) is 5.75 Å². The number of unbranched alkanes of at least 4 members (excludes halogenated alkanes) is 1. The van der Waals surface area contributed by atoms with Crippen molar-refractivity contribution < 1.29 is 14.4 Å². The Balaban J connectivity index is 1.78. The van der Waals surface area contributed by atoms with E-state index in [1.807, 2.05) is 6.07 Å². The number of aromatic hydroxyl groups is 1. The van der Waals surface area contributed by atoms with Crippen molar-refractivity contribution in [2.24, 2.45) is 5.92 Å². The number of benzene rings is 1. The summed E-state index contributed by atoms with van der Waals surface area (Å²) < 4.78 is 1.15. The van der Waals surface area contributed by atoms with Crippen molar-refractivity contribution in [1.29, 1.82) is 0 Å². The molecule has 0 unspecified atom stereocenters. The Hall–Kier alpha value is -2.07. The number of piperidine rings is 1. The number of para-hydroxylation sites is 1. The second-order valence-corrected chi connectivity index (χ2v) is 8.84. The normalized spacial score (nSPS) is 37.2. The van der Waals surface area contributed by atoms with Crippen LogP contribution in [-0.2, 0) is 10.2 Å². The van der Waals surface area contributed by atoms with Crippen molar-refractivity contribution in [2.45, 2.75) is 51.0 Å². The molecule has 3 heterocycles. The van der Waals surface area contributed by atoms with Gasteiger partial charge in [-0.1, -0.05) is 31.6 Å². The predicted octanol–water partition coefficient (Wildman–Crippen LogP) is 3.88. The minimum Gasteiger partial charge on any atom is -0.506 e. The van der Waals surface area contributed by atoms with Crippen LogP contribution in [0.4, 0.5) is 5.69 Å². The number of allylic oxidation sites excluding steroid dienone is 2. The Morgan fingerprint density at radius 1 is 1.41 bits per heavy atom. The Bertz CT molecular complexity index is 886. The molecule has 0 amide bonds. The van der Waals surface area contributed by atoms with Gasteiger partial charge in [-0.15, -0.1) is 0 Å². The molecule has 27 heavy (non-hydrogen) atoms. The minimum absolute atomic E-state index is 0.131. The highest BCUT2D eigenvalue weighted by molar-refractivity contribution is 5.85. The topological polar surface area (TPSA) is 49.3 Å². The van der Waals surface area contributed by atoms with Gasteiger partial charge in [-0.05, 0) is 30.5 Å². The van der Waals surface area contributed by atoms with E-state index < -0.39 is 0 Å². The number of nitrogens with zero attached hydrogens (tertiary/aromatic N) is 1. The number of hydrogen-bond acceptors (Lipinski definition) is 3. The van der Waals surface area contributed by atoms with Crippen LogP contribution >= 0.6 is 0 Å². The number of carbonyl (C=O) groups excluding carboxylic acids is 1. The van der Waals surface area contributed by atoms with Crippen LogP contribution in [0.25, 0.3) is 0 Å². The van der Waals surface area contributed by atoms with E-state index in [-0.39, 0.29) is 11.3 Å². The lowest BCUT2D eigenvalue weighted by atomic mass is 9.61. The lowest BCUT2D eigenvalue weighted by Crippen LogP contribution is -2.63. The van der Waals surface area contributed by atoms with E-state index in [0.717, 1.165) is 53.7 Å². The van der Waals surface area contributed by atoms with E-state index in [9.17, 15) is 9.90 Å². The highest BCUT2D eigenvalue weighted by Gasteiger charge is 2.68. The number of rotatable bonds is 4. The molecule has 4 aliphatic rings. The van der Waals surface area contributed by atoms with Gasteiger partial charge in [0.1, 0.15) is 24.6 Å². The molecule has 2 fully saturated rings. The maximum Gasteiger partial charge on any atom is 0.148 e. The van der Waals surface area contributed by atoms with Gasteiger partial charge in [-0.3, -0.25) is 4.79 Å². The summed E-state index contributed by atoms with van der Waals surface area (Å²) >= 11 is 0. The average molecular weight is 365 g/mol. The predicted molar refractivity (Wildman–Crippen MR) is 107 cm³/mol. The van der Waals surface area contributed by atoms with Gasteiger partial charge >= 0.3 is 0 Å². The van der Waals surface area contributed by atoms with Gasteiger partial charge in [0.05, 0.1) is 24.2 Å². The number of phenols is 1. The molecule has 2 N–H and O–H groups in total. The summed E-state index contributed by atoms with van der Waals surface area (Å²) in [6.45, 7) is 7.84. The third kappa shape index (κ3) is 1.94. The molecule has 1 aromatic rings. The molecule has 4 heteroatoms. The van der Waals surface area contributed by atoms with E-state index in [0.29, 0.717) is 11.8 Å². The van der Waals surface area contributed by atoms with E-state index in [4.69, 9.17) is 0 Å². The molecule has 142 valence electrons. The van der Waals surface area contributed by atoms with Gasteiger partial charge in [-0.25, -0.2) is 0 Å². The summed E-state index contributed by atoms with van der Waals surface area (Å²) in [6, 6.07) is 6.37. The van der Waals surface area contributed by atoms with Crippen LogP contribution in [0.5, 0.6) is 5.75 Å². The smallest absolute Gasteiger partial charge is 0.148 e. The first-order valence-corrected chi connectivity index (χ1v) is 10.4. The van der Waals surface area contributed by atoms with E-state index >= 15 is 0 Å². The molecule has 1 spiro atoms. The molecule has 0 aromatic heterocycles. The first kappa shape index (κ1) is 17.1. The summed E-state index contributed by atoms with van der Waals surface area (Å²) in [5.74, 6) is 0.531. The molecule has 4 atom stereocenters. The first-order chi connectivity index (χ1) is 13.1. The third-order valence-corrected chi connectivity index (χ3v) is 7.92. The van der Waals surface area contributed by atoms with E-state index in [1.54, 1.807) is 6.07 Å². The highest BCUT2D eigenvalue weighted by atomic mass is 16.3. The average Bonchev–Trinajstić information content (AvgIpc) is 3.21. The van der Waals surface area contributed by atoms with Gasteiger partial charge in [-0.2, -0.15) is 0 Å². The van der Waals surface area contributed by atoms with Gasteiger partial charge in [0.25, 0.3) is 0 Å². The number of hydrogen-bond donors (Lipinski definition) is 2. The zero-order chi connectivity index (χ0) is 18.8. The van der Waals surface area contributed by atoms with Crippen LogP contribution in [0.3, 0.4) is 0 Å². The van der Waals surface area contributed by atoms with E-state index in [1.165, 1.54) is 30.5 Å². The zero-order valence-electron chi connectivity index (χ0n) is 16.3. The number of aldehydes is 1. The Labute approximate surface area is 161 Å². The third-order valence-electron chi connectivity index (χ3n) is 7.92. The van der Waals surface area contributed by atoms with Crippen LogP contribution < -0.4 is 5.32 Å². The zero-order valence-corrected chi connectivity index (χ0v) is 16.3. The quantitative estimate of drug-likeness (QED) is 0.368. The number of fused-ring (bicyclic) bond motifs is 2. The standard InChI is InChI=1S/C23H28N2O2/c1-3-5-10-25-11-9-23-18-7-6-8-19(27)21(18)24-22(23)17(14-26)16(12-20(23)25)15(4-2)13-25/h4,6-8,14,16,20H,3,5,9-13H2,1-2H3,(H-,24,26,27)/p+1/b15-4-/t16-,20-,23-,25-/m0/s1. The lowest BCUT2D eigenvalue weighted by Gasteiger charge is -2.53. The van der Waals surface area contributed by atoms with Crippen molar-refractivity contribution in [2.75, 3.05) is 25.0 Å². The molecule has 0 radical (unpaired) electrons. The molecule has 1 aliphatic carbocycles. The summed E-state index contributed by atoms with van der Waals surface area (Å²) in [5.41, 5.74) is 5.34. The maximum absolute atomic E-state index is 12.2.